The maximum atomic E-state index is 12.6. The molecule has 92 heavy (non-hydrogen) atoms. The molecule has 12 rings (SSSR count). The van der Waals surface area contributed by atoms with Crippen molar-refractivity contribution in [1.29, 1.82) is 0 Å². The summed E-state index contributed by atoms with van der Waals surface area (Å²) in [5.74, 6) is -0.0625. The minimum absolute atomic E-state index is 0.161. The van der Waals surface area contributed by atoms with Crippen molar-refractivity contribution in [2.75, 3.05) is 0 Å². The number of rotatable bonds is 12. The van der Waals surface area contributed by atoms with E-state index in [0.29, 0.717) is 85.4 Å². The van der Waals surface area contributed by atoms with Gasteiger partial charge < -0.3 is 49.6 Å². The van der Waals surface area contributed by atoms with E-state index in [1.54, 1.807) is 24.3 Å². The van der Waals surface area contributed by atoms with Gasteiger partial charge in [-0.2, -0.15) is 0 Å². The normalized spacial score (nSPS) is 12.1. The van der Waals surface area contributed by atoms with Crippen molar-refractivity contribution in [1.82, 2.24) is 0 Å². The van der Waals surface area contributed by atoms with Crippen LogP contribution in [0.1, 0.15) is 94.9 Å². The van der Waals surface area contributed by atoms with Crippen LogP contribution in [0.15, 0.2) is 182 Å². The lowest BCUT2D eigenvalue weighted by atomic mass is 9.90. The summed E-state index contributed by atoms with van der Waals surface area (Å²) in [6.45, 7) is 18.9. The Kier molecular flexibility index (Phi) is 19.8. The van der Waals surface area contributed by atoms with Crippen LogP contribution in [0.3, 0.4) is 0 Å². The zero-order valence-electron chi connectivity index (χ0n) is 53.3. The quantitative estimate of drug-likeness (QED) is 0.0290. The van der Waals surface area contributed by atoms with Gasteiger partial charge >= 0.3 is 23.9 Å². The van der Waals surface area contributed by atoms with E-state index < -0.39 is 10.8 Å². The summed E-state index contributed by atoms with van der Waals surface area (Å²) in [5, 5.41) is 71.9. The monoisotopic (exact) mass is 1240 g/mol. The number of aromatic hydroxyl groups is 6. The minimum atomic E-state index is -0.609. The fourth-order valence-electron chi connectivity index (χ4n) is 10.2. The number of benzene rings is 12. The van der Waals surface area contributed by atoms with Gasteiger partial charge in [-0.25, -0.2) is 0 Å². The van der Waals surface area contributed by atoms with E-state index in [1.807, 2.05) is 215 Å². The average Bonchev–Trinajstić information content (AvgIpc) is 0.788. The van der Waals surface area contributed by atoms with Crippen LogP contribution in [-0.2, 0) is 19.2 Å². The first kappa shape index (κ1) is 65.8. The van der Waals surface area contributed by atoms with Crippen molar-refractivity contribution in [3.05, 3.63) is 182 Å². The summed E-state index contributed by atoms with van der Waals surface area (Å²) < 4.78 is 22.9. The molecule has 14 heteroatoms. The van der Waals surface area contributed by atoms with Gasteiger partial charge in [0.15, 0.2) is 23.0 Å². The number of carbonyl (C=O) groups is 4. The molecule has 0 aliphatic carbocycles. The third kappa shape index (κ3) is 13.3. The Morgan fingerprint density at radius 1 is 0.326 bits per heavy atom. The fraction of sp³-hybridized carbons (Fsp3) is 0.231. The Hall–Kier alpha value is -10.6. The molecule has 0 fully saturated rings. The van der Waals surface area contributed by atoms with E-state index in [4.69, 9.17) is 18.9 Å². The predicted octanol–water partition coefficient (Wildman–Crippen LogP) is 18.8. The van der Waals surface area contributed by atoms with E-state index in [0.717, 1.165) is 49.5 Å². The molecule has 472 valence electrons. The van der Waals surface area contributed by atoms with E-state index >= 15 is 0 Å². The first-order valence-corrected chi connectivity index (χ1v) is 30.8. The lowest BCUT2D eigenvalue weighted by Crippen LogP contribution is -2.28. The molecule has 0 bridgehead atoms. The number of hydrogen-bond acceptors (Lipinski definition) is 14. The van der Waals surface area contributed by atoms with Crippen LogP contribution in [0.5, 0.6) is 57.5 Å². The maximum absolute atomic E-state index is 12.6. The van der Waals surface area contributed by atoms with Gasteiger partial charge in [0.05, 0.1) is 22.7 Å². The summed E-state index contributed by atoms with van der Waals surface area (Å²) in [6.07, 6.45) is 2.76. The van der Waals surface area contributed by atoms with Crippen LogP contribution in [0.25, 0.3) is 86.2 Å². The number of phenols is 6. The molecule has 0 aliphatic rings. The minimum Gasteiger partial charge on any atom is -0.507 e. The summed E-state index contributed by atoms with van der Waals surface area (Å²) in [5.41, 5.74) is -1.16. The van der Waals surface area contributed by atoms with Crippen molar-refractivity contribution in [3.63, 3.8) is 0 Å². The lowest BCUT2D eigenvalue weighted by molar-refractivity contribution is -0.144. The van der Waals surface area contributed by atoms with Crippen LogP contribution >= 0.6 is 0 Å². The molecule has 14 nitrogen and oxygen atoms in total. The molecule has 0 saturated heterocycles. The summed E-state index contributed by atoms with van der Waals surface area (Å²) in [6, 6.07) is 54.3. The zero-order chi connectivity index (χ0) is 66.3. The predicted molar refractivity (Wildman–Crippen MR) is 365 cm³/mol. The molecule has 0 aliphatic heterocycles. The van der Waals surface area contributed by atoms with E-state index in [2.05, 4.69) is 0 Å². The van der Waals surface area contributed by atoms with Gasteiger partial charge in [-0.1, -0.05) is 187 Å². The Bertz CT molecular complexity index is 4680. The highest BCUT2D eigenvalue weighted by atomic mass is 16.5. The Morgan fingerprint density at radius 2 is 0.576 bits per heavy atom. The number of fused-ring (bicyclic) bond motifs is 8. The Morgan fingerprint density at radius 3 is 0.880 bits per heavy atom. The largest absolute Gasteiger partial charge is 0.507 e. The average molecular weight is 1240 g/mol. The van der Waals surface area contributed by atoms with E-state index in [-0.39, 0.29) is 70.2 Å². The van der Waals surface area contributed by atoms with Gasteiger partial charge in [-0.05, 0) is 101 Å². The highest BCUT2D eigenvalue weighted by Gasteiger charge is 2.31. The number of phenolic OH excluding ortho intramolecular Hbond substituents is 6. The molecular formula is C78H76O14. The van der Waals surface area contributed by atoms with Gasteiger partial charge in [0.1, 0.15) is 34.5 Å². The molecule has 0 amide bonds. The number of carbonyl (C=O) groups excluding carboxylic acids is 4. The van der Waals surface area contributed by atoms with Crippen LogP contribution in [0.4, 0.5) is 0 Å². The molecule has 12 aromatic rings. The third-order valence-corrected chi connectivity index (χ3v) is 17.3. The van der Waals surface area contributed by atoms with Gasteiger partial charge in [0.2, 0.25) is 0 Å². The topological polar surface area (TPSA) is 227 Å². The summed E-state index contributed by atoms with van der Waals surface area (Å²) >= 11 is 0. The molecule has 0 aromatic heterocycles. The number of esters is 4. The van der Waals surface area contributed by atoms with Crippen molar-refractivity contribution in [3.8, 4) is 57.5 Å². The molecule has 2 atom stereocenters. The van der Waals surface area contributed by atoms with Crippen molar-refractivity contribution in [2.24, 2.45) is 22.7 Å². The molecule has 2 unspecified atom stereocenters. The lowest BCUT2D eigenvalue weighted by Gasteiger charge is -2.22. The third-order valence-electron chi connectivity index (χ3n) is 17.3. The van der Waals surface area contributed by atoms with Crippen LogP contribution in [-0.4, -0.2) is 54.5 Å². The molecule has 6 N–H and O–H groups in total. The van der Waals surface area contributed by atoms with Crippen molar-refractivity contribution < 1.29 is 68.8 Å². The van der Waals surface area contributed by atoms with Gasteiger partial charge in [0.25, 0.3) is 0 Å². The van der Waals surface area contributed by atoms with Crippen LogP contribution in [0.2, 0.25) is 0 Å². The second kappa shape index (κ2) is 27.6. The van der Waals surface area contributed by atoms with E-state index in [9.17, 15) is 49.8 Å². The molecule has 0 spiro atoms. The smallest absolute Gasteiger partial charge is 0.316 e. The zero-order valence-corrected chi connectivity index (χ0v) is 53.3. The first-order chi connectivity index (χ1) is 44.0. The molecule has 12 aromatic carbocycles. The highest BCUT2D eigenvalue weighted by molar-refractivity contribution is 6.14. The molecule has 0 saturated carbocycles. The SMILES string of the molecule is CCC(C)(C)C(=O)Oc1c2ccccc2c(O)c2ccccc12.CCC(C)(C)C(=O)Oc1c2ccccc2cc2c(O)c(O)ccc12.CCC(C)C(=O)Oc1c2ccccc2c(O)c2ccccc12.CCC(C)C(=O)Oc1c2ccccc2cc2c(O)c(O)ccc12. The fourth-order valence-corrected chi connectivity index (χ4v) is 10.2. The second-order valence-corrected chi connectivity index (χ2v) is 24.2. The van der Waals surface area contributed by atoms with Gasteiger partial charge in [-0.15, -0.1) is 0 Å². The maximum Gasteiger partial charge on any atom is 0.316 e. The summed E-state index contributed by atoms with van der Waals surface area (Å²) in [7, 11) is 0. The van der Waals surface area contributed by atoms with Crippen LogP contribution in [0, 0.1) is 22.7 Å². The number of hydrogen-bond donors (Lipinski definition) is 6. The van der Waals surface area contributed by atoms with E-state index in [1.165, 1.54) is 12.1 Å². The highest BCUT2D eigenvalue weighted by Crippen LogP contribution is 2.47. The van der Waals surface area contributed by atoms with Gasteiger partial charge in [-0.3, -0.25) is 19.2 Å². The molecule has 0 radical (unpaired) electrons. The van der Waals surface area contributed by atoms with Crippen molar-refractivity contribution >= 4 is 110 Å². The number of ether oxygens (including phenoxy) is 4. The molecular weight excluding hydrogens is 1160 g/mol. The Labute approximate surface area is 533 Å². The van der Waals surface area contributed by atoms with Crippen LogP contribution < -0.4 is 18.9 Å². The first-order valence-electron chi connectivity index (χ1n) is 30.8. The Balaban J connectivity index is 0.000000145. The standard InChI is InChI=1S/C20H20O4.C20H20O3.C19H18O4.C19H18O3/c1-4-20(2,3)19(23)24-18-13-8-6-5-7-12(13)11-15-14(18)9-10-16(21)17(15)22;1-4-20(2,3)19(22)23-18-15-11-7-5-9-13(15)17(21)14-10-6-8-12-16(14)18;1-3-11(2)19(22)23-18-13-7-5-4-6-12(13)10-15-14(18)8-9-16(20)17(15)21;1-3-12(2)19(21)22-18-15-10-6-4-8-13(15)17(20)14-9-5-7-11-16(14)18/h5-11,21-22H,4H2,1-3H3;5-12,21H,4H2,1-3H3;4-11,20-21H,3H2,1-2H3;4-12,20H,3H2,1-2H3. The second-order valence-electron chi connectivity index (χ2n) is 24.2. The van der Waals surface area contributed by atoms with Crippen molar-refractivity contribution in [2.45, 2.75) is 94.9 Å². The van der Waals surface area contributed by atoms with Gasteiger partial charge in [0, 0.05) is 75.4 Å². The summed E-state index contributed by atoms with van der Waals surface area (Å²) in [4.78, 5) is 49.6. The molecule has 0 heterocycles.